The summed E-state index contributed by atoms with van der Waals surface area (Å²) in [6.45, 7) is 2.77. The van der Waals surface area contributed by atoms with Gasteiger partial charge in [0.15, 0.2) is 0 Å². The molecule has 1 aliphatic carbocycles. The molecule has 0 spiro atoms. The second-order valence-electron chi connectivity index (χ2n) is 8.56. The summed E-state index contributed by atoms with van der Waals surface area (Å²) in [4.78, 5) is 2.29. The minimum atomic E-state index is -0.486. The first kappa shape index (κ1) is 19.5. The molecule has 28 heavy (non-hydrogen) atoms. The summed E-state index contributed by atoms with van der Waals surface area (Å²) >= 11 is 0. The van der Waals surface area contributed by atoms with Gasteiger partial charge in [-0.3, -0.25) is 9.58 Å². The lowest BCUT2D eigenvalue weighted by molar-refractivity contribution is 0.0636. The summed E-state index contributed by atoms with van der Waals surface area (Å²) in [5.74, 6) is 1.78. The molecule has 1 aliphatic heterocycles. The van der Waals surface area contributed by atoms with Crippen molar-refractivity contribution in [2.75, 3.05) is 19.7 Å². The van der Waals surface area contributed by atoms with Gasteiger partial charge in [0.1, 0.15) is 18.5 Å². The van der Waals surface area contributed by atoms with Crippen molar-refractivity contribution in [2.45, 2.75) is 57.6 Å². The fourth-order valence-electron chi connectivity index (χ4n) is 4.67. The molecule has 1 aromatic heterocycles. The summed E-state index contributed by atoms with van der Waals surface area (Å²) in [6.07, 6.45) is 10.6. The molecule has 5 nitrogen and oxygen atoms in total. The molecule has 1 atom stereocenters. The van der Waals surface area contributed by atoms with Gasteiger partial charge in [-0.15, -0.1) is 0 Å². The van der Waals surface area contributed by atoms with Crippen LogP contribution in [0.5, 0.6) is 5.75 Å². The van der Waals surface area contributed by atoms with Crippen molar-refractivity contribution in [3.05, 3.63) is 47.3 Å². The van der Waals surface area contributed by atoms with Crippen LogP contribution in [0, 0.1) is 5.92 Å². The number of fused-ring (bicyclic) bond motifs is 1. The van der Waals surface area contributed by atoms with E-state index in [4.69, 9.17) is 4.74 Å². The van der Waals surface area contributed by atoms with Gasteiger partial charge in [-0.2, -0.15) is 5.10 Å². The Labute approximate surface area is 168 Å². The first-order chi connectivity index (χ1) is 13.7. The van der Waals surface area contributed by atoms with Gasteiger partial charge < -0.3 is 9.84 Å². The highest BCUT2D eigenvalue weighted by Crippen LogP contribution is 2.29. The molecule has 1 aromatic carbocycles. The van der Waals surface area contributed by atoms with Gasteiger partial charge in [-0.1, -0.05) is 37.8 Å². The molecule has 2 heterocycles. The van der Waals surface area contributed by atoms with E-state index >= 15 is 0 Å². The average Bonchev–Trinajstić information content (AvgIpc) is 3.33. The van der Waals surface area contributed by atoms with Crippen molar-refractivity contribution in [1.29, 1.82) is 0 Å². The Hall–Kier alpha value is -1.85. The number of aliphatic hydroxyl groups excluding tert-OH is 1. The van der Waals surface area contributed by atoms with E-state index in [0.717, 1.165) is 37.6 Å². The molecule has 1 N–H and O–H groups in total. The molecule has 4 rings (SSSR count). The molecule has 5 heteroatoms. The van der Waals surface area contributed by atoms with Crippen LogP contribution >= 0.6 is 0 Å². The van der Waals surface area contributed by atoms with Crippen molar-refractivity contribution < 1.29 is 9.84 Å². The first-order valence-electron chi connectivity index (χ1n) is 10.8. The number of nitrogens with zero attached hydrogens (tertiary/aromatic N) is 3. The number of aryl methyl sites for hydroxylation is 2. The van der Waals surface area contributed by atoms with Crippen molar-refractivity contribution in [3.63, 3.8) is 0 Å². The van der Waals surface area contributed by atoms with Crippen LogP contribution in [-0.4, -0.2) is 45.6 Å². The van der Waals surface area contributed by atoms with Gasteiger partial charge >= 0.3 is 0 Å². The monoisotopic (exact) mass is 383 g/mol. The normalized spacial score (nSPS) is 18.9. The predicted octanol–water partition coefficient (Wildman–Crippen LogP) is 3.34. The minimum Gasteiger partial charge on any atom is -0.491 e. The number of ether oxygens (including phenoxy) is 1. The Morgan fingerprint density at radius 1 is 1.29 bits per heavy atom. The number of β-amino-alcohol motifs (C(OH)–C–C–N with tert-alkyl or cyclic N) is 1. The summed E-state index contributed by atoms with van der Waals surface area (Å²) in [5.41, 5.74) is 3.81. The maximum Gasteiger partial charge on any atom is 0.119 e. The summed E-state index contributed by atoms with van der Waals surface area (Å²) < 4.78 is 7.78. The lowest BCUT2D eigenvalue weighted by Gasteiger charge is -2.28. The molecule has 0 amide bonds. The Bertz CT molecular complexity index is 767. The molecule has 1 saturated carbocycles. The Balaban J connectivity index is 1.22. The minimum absolute atomic E-state index is 0.336. The summed E-state index contributed by atoms with van der Waals surface area (Å²) in [7, 11) is 1.97. The van der Waals surface area contributed by atoms with E-state index < -0.39 is 6.10 Å². The SMILES string of the molecule is Cn1cc2c(n1)CCN(CC(O)COc1cccc(CCC3CCCC3)c1)C2. The fraction of sp³-hybridized carbons (Fsp3) is 0.609. The van der Waals surface area contributed by atoms with E-state index in [1.165, 1.54) is 48.9 Å². The van der Waals surface area contributed by atoms with E-state index in [9.17, 15) is 5.11 Å². The van der Waals surface area contributed by atoms with Crippen LogP contribution in [0.25, 0.3) is 0 Å². The topological polar surface area (TPSA) is 50.5 Å². The molecule has 152 valence electrons. The molecular formula is C23H33N3O2. The Kier molecular flexibility index (Phi) is 6.33. The predicted molar refractivity (Wildman–Crippen MR) is 110 cm³/mol. The lowest BCUT2D eigenvalue weighted by Crippen LogP contribution is -2.38. The number of rotatable bonds is 8. The number of hydrogen-bond donors (Lipinski definition) is 1. The van der Waals surface area contributed by atoms with Crippen molar-refractivity contribution in [3.8, 4) is 5.75 Å². The maximum atomic E-state index is 10.4. The molecule has 1 fully saturated rings. The highest BCUT2D eigenvalue weighted by molar-refractivity contribution is 5.28. The molecule has 0 radical (unpaired) electrons. The largest absolute Gasteiger partial charge is 0.491 e. The van der Waals surface area contributed by atoms with E-state index in [1.54, 1.807) is 0 Å². The number of benzene rings is 1. The smallest absolute Gasteiger partial charge is 0.119 e. The first-order valence-corrected chi connectivity index (χ1v) is 10.8. The quantitative estimate of drug-likeness (QED) is 0.760. The second-order valence-corrected chi connectivity index (χ2v) is 8.56. The van der Waals surface area contributed by atoms with E-state index in [1.807, 2.05) is 17.8 Å². The van der Waals surface area contributed by atoms with Gasteiger partial charge in [-0.05, 0) is 36.5 Å². The third-order valence-corrected chi connectivity index (χ3v) is 6.18. The van der Waals surface area contributed by atoms with E-state index in [2.05, 4.69) is 34.4 Å². The summed E-state index contributed by atoms with van der Waals surface area (Å²) in [5, 5.41) is 14.9. The average molecular weight is 384 g/mol. The van der Waals surface area contributed by atoms with Crippen molar-refractivity contribution in [1.82, 2.24) is 14.7 Å². The highest BCUT2D eigenvalue weighted by Gasteiger charge is 2.21. The van der Waals surface area contributed by atoms with Crippen LogP contribution < -0.4 is 4.74 Å². The van der Waals surface area contributed by atoms with Crippen LogP contribution in [0.3, 0.4) is 0 Å². The summed E-state index contributed by atoms with van der Waals surface area (Å²) in [6, 6.07) is 8.40. The third-order valence-electron chi connectivity index (χ3n) is 6.18. The van der Waals surface area contributed by atoms with E-state index in [-0.39, 0.29) is 0 Å². The van der Waals surface area contributed by atoms with Crippen LogP contribution in [0.2, 0.25) is 0 Å². The standard InChI is InChI=1S/C23H33N3O2/c1-25-14-20-15-26(12-11-23(20)24-25)16-21(27)17-28-22-8-4-7-19(13-22)10-9-18-5-2-3-6-18/h4,7-8,13-14,18,21,27H,2-3,5-6,9-12,15-17H2,1H3. The number of aliphatic hydroxyl groups is 1. The zero-order chi connectivity index (χ0) is 19.3. The van der Waals surface area contributed by atoms with Gasteiger partial charge in [-0.25, -0.2) is 0 Å². The van der Waals surface area contributed by atoms with Crippen molar-refractivity contribution >= 4 is 0 Å². The third kappa shape index (κ3) is 5.15. The number of aromatic nitrogens is 2. The van der Waals surface area contributed by atoms with Gasteiger partial charge in [0.05, 0.1) is 5.69 Å². The second kappa shape index (κ2) is 9.10. The molecule has 0 saturated heterocycles. The zero-order valence-electron chi connectivity index (χ0n) is 17.0. The molecule has 2 aliphatic rings. The lowest BCUT2D eigenvalue weighted by atomic mass is 9.98. The van der Waals surface area contributed by atoms with Crippen LogP contribution in [0.4, 0.5) is 0 Å². The van der Waals surface area contributed by atoms with Gasteiger partial charge in [0.25, 0.3) is 0 Å². The molecule has 2 aromatic rings. The maximum absolute atomic E-state index is 10.4. The van der Waals surface area contributed by atoms with Crippen LogP contribution in [-0.2, 0) is 26.4 Å². The Morgan fingerprint density at radius 2 is 2.14 bits per heavy atom. The van der Waals surface area contributed by atoms with Crippen molar-refractivity contribution in [2.24, 2.45) is 13.0 Å². The number of hydrogen-bond acceptors (Lipinski definition) is 4. The van der Waals surface area contributed by atoms with E-state index in [0.29, 0.717) is 13.2 Å². The highest BCUT2D eigenvalue weighted by atomic mass is 16.5. The fourth-order valence-corrected chi connectivity index (χ4v) is 4.67. The zero-order valence-corrected chi connectivity index (χ0v) is 17.0. The molecule has 1 unspecified atom stereocenters. The van der Waals surface area contributed by atoms with Crippen LogP contribution in [0.1, 0.15) is 48.9 Å². The Morgan fingerprint density at radius 3 is 3.00 bits per heavy atom. The molecular weight excluding hydrogens is 350 g/mol. The van der Waals surface area contributed by atoms with Gasteiger partial charge in [0.2, 0.25) is 0 Å². The van der Waals surface area contributed by atoms with Crippen LogP contribution in [0.15, 0.2) is 30.5 Å². The molecule has 0 bridgehead atoms. The van der Waals surface area contributed by atoms with Gasteiger partial charge in [0, 0.05) is 44.9 Å².